The summed E-state index contributed by atoms with van der Waals surface area (Å²) in [5, 5.41) is 1.03. The summed E-state index contributed by atoms with van der Waals surface area (Å²) in [7, 11) is 0. The first-order chi connectivity index (χ1) is 12.4. The fourth-order valence-corrected chi connectivity index (χ4v) is 3.28. The lowest BCUT2D eigenvalue weighted by Gasteiger charge is -2.28. The van der Waals surface area contributed by atoms with Gasteiger partial charge in [0, 0.05) is 37.6 Å². The molecule has 26 heavy (non-hydrogen) atoms. The summed E-state index contributed by atoms with van der Waals surface area (Å²) in [4.78, 5) is 24.0. The predicted molar refractivity (Wildman–Crippen MR) is 89.4 cm³/mol. The van der Waals surface area contributed by atoms with Gasteiger partial charge < -0.3 is 4.98 Å². The van der Waals surface area contributed by atoms with Gasteiger partial charge in [-0.3, -0.25) is 14.7 Å². The van der Waals surface area contributed by atoms with E-state index in [0.717, 1.165) is 16.5 Å². The Kier molecular flexibility index (Phi) is 3.99. The van der Waals surface area contributed by atoms with Gasteiger partial charge in [0.1, 0.15) is 0 Å². The van der Waals surface area contributed by atoms with E-state index in [1.54, 1.807) is 6.20 Å². The molecule has 0 radical (unpaired) electrons. The highest BCUT2D eigenvalue weighted by atomic mass is 19.4. The molecular formula is C18H15F3N4O. The van der Waals surface area contributed by atoms with E-state index in [1.807, 2.05) is 40.2 Å². The smallest absolute Gasteiger partial charge is 0.303 e. The third kappa shape index (κ3) is 3.08. The minimum absolute atomic E-state index is 0.233. The number of aromatic nitrogens is 3. The summed E-state index contributed by atoms with van der Waals surface area (Å²) in [6, 6.07) is 9.69. The SMILES string of the molecule is O=c1[nH]c(C(F)(F)F)nc2c1CN(Cc1ccnc3ccccc13)CC2. The van der Waals surface area contributed by atoms with Crippen LogP contribution in [0.25, 0.3) is 10.9 Å². The standard InChI is InChI=1S/C18H15F3N4O/c19-18(20,21)17-23-15-6-8-25(10-13(15)16(26)24-17)9-11-5-7-22-14-4-2-1-3-12(11)14/h1-5,7H,6,8-10H2,(H,23,24,26). The number of benzene rings is 1. The molecule has 0 atom stereocenters. The van der Waals surface area contributed by atoms with Gasteiger partial charge in [0.05, 0.1) is 16.8 Å². The average molecular weight is 360 g/mol. The quantitative estimate of drug-likeness (QED) is 0.763. The second-order valence-corrected chi connectivity index (χ2v) is 6.29. The normalized spacial score (nSPS) is 15.2. The number of pyridine rings is 1. The van der Waals surface area contributed by atoms with Gasteiger partial charge in [0.25, 0.3) is 5.56 Å². The molecule has 5 nitrogen and oxygen atoms in total. The zero-order chi connectivity index (χ0) is 18.3. The molecule has 0 saturated carbocycles. The molecule has 134 valence electrons. The lowest BCUT2D eigenvalue weighted by molar-refractivity contribution is -0.145. The van der Waals surface area contributed by atoms with E-state index >= 15 is 0 Å². The lowest BCUT2D eigenvalue weighted by Crippen LogP contribution is -2.36. The monoisotopic (exact) mass is 360 g/mol. The minimum Gasteiger partial charge on any atom is -0.303 e. The van der Waals surface area contributed by atoms with Crippen LogP contribution in [0.3, 0.4) is 0 Å². The Morgan fingerprint density at radius 1 is 1.19 bits per heavy atom. The Balaban J connectivity index is 1.62. The van der Waals surface area contributed by atoms with Crippen LogP contribution in [0.4, 0.5) is 13.2 Å². The summed E-state index contributed by atoms with van der Waals surface area (Å²) >= 11 is 0. The number of nitrogens with zero attached hydrogens (tertiary/aromatic N) is 3. The number of rotatable bonds is 2. The maximum absolute atomic E-state index is 12.8. The van der Waals surface area contributed by atoms with E-state index in [4.69, 9.17) is 0 Å². The molecule has 0 aliphatic carbocycles. The molecule has 8 heteroatoms. The van der Waals surface area contributed by atoms with E-state index < -0.39 is 17.6 Å². The van der Waals surface area contributed by atoms with Gasteiger partial charge in [0.2, 0.25) is 5.82 Å². The zero-order valence-electron chi connectivity index (χ0n) is 13.7. The van der Waals surface area contributed by atoms with Crippen LogP contribution in [0.5, 0.6) is 0 Å². The van der Waals surface area contributed by atoms with Crippen LogP contribution in [0.1, 0.15) is 22.6 Å². The van der Waals surface area contributed by atoms with Crippen molar-refractivity contribution >= 4 is 10.9 Å². The summed E-state index contributed by atoms with van der Waals surface area (Å²) in [6.07, 6.45) is -2.61. The van der Waals surface area contributed by atoms with Gasteiger partial charge in [-0.25, -0.2) is 4.98 Å². The molecule has 1 aliphatic heterocycles. The number of H-pyrrole nitrogens is 1. The van der Waals surface area contributed by atoms with Gasteiger partial charge in [-0.05, 0) is 17.7 Å². The highest BCUT2D eigenvalue weighted by Gasteiger charge is 2.35. The largest absolute Gasteiger partial charge is 0.449 e. The molecule has 3 aromatic rings. The lowest BCUT2D eigenvalue weighted by atomic mass is 10.0. The van der Waals surface area contributed by atoms with Crippen LogP contribution in [0.2, 0.25) is 0 Å². The van der Waals surface area contributed by atoms with Crippen molar-refractivity contribution in [1.29, 1.82) is 0 Å². The predicted octanol–water partition coefficient (Wildman–Crippen LogP) is 2.90. The van der Waals surface area contributed by atoms with E-state index in [9.17, 15) is 18.0 Å². The van der Waals surface area contributed by atoms with Gasteiger partial charge in [-0.15, -0.1) is 0 Å². The zero-order valence-corrected chi connectivity index (χ0v) is 13.7. The number of para-hydroxylation sites is 1. The number of nitrogens with one attached hydrogen (secondary N) is 1. The van der Waals surface area contributed by atoms with Crippen LogP contribution in [-0.4, -0.2) is 26.4 Å². The Bertz CT molecular complexity index is 1020. The van der Waals surface area contributed by atoms with Crippen molar-refractivity contribution in [2.75, 3.05) is 6.54 Å². The number of halogens is 3. The molecule has 2 aromatic heterocycles. The third-order valence-corrected chi connectivity index (χ3v) is 4.55. The Labute approximate surface area is 146 Å². The molecule has 1 aromatic carbocycles. The van der Waals surface area contributed by atoms with Gasteiger partial charge >= 0.3 is 6.18 Å². The van der Waals surface area contributed by atoms with Gasteiger partial charge in [-0.1, -0.05) is 18.2 Å². The second kappa shape index (κ2) is 6.21. The first-order valence-corrected chi connectivity index (χ1v) is 8.16. The fourth-order valence-electron chi connectivity index (χ4n) is 3.28. The molecule has 0 spiro atoms. The number of aromatic amines is 1. The topological polar surface area (TPSA) is 61.9 Å². The molecule has 4 rings (SSSR count). The van der Waals surface area contributed by atoms with E-state index in [1.165, 1.54) is 0 Å². The molecule has 3 heterocycles. The van der Waals surface area contributed by atoms with Crippen LogP contribution >= 0.6 is 0 Å². The third-order valence-electron chi connectivity index (χ3n) is 4.55. The molecule has 1 N–H and O–H groups in total. The molecule has 0 bridgehead atoms. The maximum atomic E-state index is 12.8. The van der Waals surface area contributed by atoms with Crippen molar-refractivity contribution < 1.29 is 13.2 Å². The van der Waals surface area contributed by atoms with Crippen LogP contribution in [0, 0.1) is 0 Å². The van der Waals surface area contributed by atoms with Crippen LogP contribution in [0.15, 0.2) is 41.3 Å². The highest BCUT2D eigenvalue weighted by molar-refractivity contribution is 5.81. The number of fused-ring (bicyclic) bond motifs is 2. The average Bonchev–Trinajstić information content (AvgIpc) is 2.61. The molecule has 1 aliphatic rings. The highest BCUT2D eigenvalue weighted by Crippen LogP contribution is 2.27. The summed E-state index contributed by atoms with van der Waals surface area (Å²) in [6.45, 7) is 1.40. The Morgan fingerprint density at radius 3 is 2.81 bits per heavy atom. The first-order valence-electron chi connectivity index (χ1n) is 8.16. The summed E-state index contributed by atoms with van der Waals surface area (Å²) in [5.74, 6) is -1.23. The fraction of sp³-hybridized carbons (Fsp3) is 0.278. The van der Waals surface area contributed by atoms with Crippen molar-refractivity contribution in [3.05, 3.63) is 69.5 Å². The maximum Gasteiger partial charge on any atom is 0.449 e. The van der Waals surface area contributed by atoms with Gasteiger partial charge in [0.15, 0.2) is 0 Å². The van der Waals surface area contributed by atoms with Crippen LogP contribution < -0.4 is 5.56 Å². The van der Waals surface area contributed by atoms with Crippen molar-refractivity contribution in [3.8, 4) is 0 Å². The van der Waals surface area contributed by atoms with E-state index in [2.05, 4.69) is 9.97 Å². The number of hydrogen-bond acceptors (Lipinski definition) is 4. The van der Waals surface area contributed by atoms with Crippen molar-refractivity contribution in [2.45, 2.75) is 25.7 Å². The molecule has 0 unspecified atom stereocenters. The van der Waals surface area contributed by atoms with E-state index in [-0.39, 0.29) is 12.2 Å². The minimum atomic E-state index is -4.65. The van der Waals surface area contributed by atoms with Crippen molar-refractivity contribution in [2.24, 2.45) is 0 Å². The second-order valence-electron chi connectivity index (χ2n) is 6.29. The summed E-state index contributed by atoms with van der Waals surface area (Å²) in [5.41, 5.74) is 1.78. The summed E-state index contributed by atoms with van der Waals surface area (Å²) < 4.78 is 38.4. The van der Waals surface area contributed by atoms with Gasteiger partial charge in [-0.2, -0.15) is 13.2 Å². The molecule has 0 amide bonds. The van der Waals surface area contributed by atoms with Crippen LogP contribution in [-0.2, 0) is 25.7 Å². The first kappa shape index (κ1) is 16.7. The van der Waals surface area contributed by atoms with Crippen molar-refractivity contribution in [3.63, 3.8) is 0 Å². The molecule has 0 saturated heterocycles. The molecular weight excluding hydrogens is 345 g/mol. The number of alkyl halides is 3. The van der Waals surface area contributed by atoms with Crippen molar-refractivity contribution in [1.82, 2.24) is 19.9 Å². The van der Waals surface area contributed by atoms with E-state index in [0.29, 0.717) is 25.1 Å². The number of hydrogen-bond donors (Lipinski definition) is 1. The molecule has 0 fully saturated rings. The Hall–Kier alpha value is -2.74. The Morgan fingerprint density at radius 2 is 2.00 bits per heavy atom.